The van der Waals surface area contributed by atoms with E-state index in [-0.39, 0.29) is 0 Å². The zero-order chi connectivity index (χ0) is 10.9. The van der Waals surface area contributed by atoms with Crippen LogP contribution in [0.5, 0.6) is 5.75 Å². The van der Waals surface area contributed by atoms with Gasteiger partial charge in [-0.3, -0.25) is 10.1 Å². The van der Waals surface area contributed by atoms with Crippen LogP contribution in [-0.2, 0) is 0 Å². The summed E-state index contributed by atoms with van der Waals surface area (Å²) in [6.45, 7) is 0. The summed E-state index contributed by atoms with van der Waals surface area (Å²) in [5.74, 6) is -0.843. The van der Waals surface area contributed by atoms with Crippen molar-refractivity contribution in [3.05, 3.63) is 27.0 Å². The van der Waals surface area contributed by atoms with Crippen LogP contribution in [0.1, 0.15) is 12.1 Å². The van der Waals surface area contributed by atoms with Crippen molar-refractivity contribution in [2.75, 3.05) is 0 Å². The molecule has 0 spiro atoms. The molecule has 0 aliphatic carbocycles. The van der Waals surface area contributed by atoms with Crippen LogP contribution in [-0.4, -0.2) is 15.0 Å². The van der Waals surface area contributed by atoms with Crippen LogP contribution in [0.3, 0.4) is 0 Å². The molecule has 14 heavy (non-hydrogen) atoms. The fourth-order valence-electron chi connectivity index (χ4n) is 0.808. The van der Waals surface area contributed by atoms with E-state index in [2.05, 4.69) is 4.98 Å². The summed E-state index contributed by atoms with van der Waals surface area (Å²) < 4.78 is 24.3. The highest BCUT2D eigenvalue weighted by molar-refractivity contribution is 6.33. The van der Waals surface area contributed by atoms with Crippen LogP contribution in [0.15, 0.2) is 6.20 Å². The Morgan fingerprint density at radius 1 is 1.64 bits per heavy atom. The number of halogens is 3. The first-order valence-electron chi connectivity index (χ1n) is 3.25. The van der Waals surface area contributed by atoms with Crippen molar-refractivity contribution in [2.45, 2.75) is 6.43 Å². The van der Waals surface area contributed by atoms with Gasteiger partial charge in [0.25, 0.3) is 6.43 Å². The number of hydrogen-bond donors (Lipinski definition) is 1. The largest absolute Gasteiger partial charge is 0.501 e. The van der Waals surface area contributed by atoms with Gasteiger partial charge in [0.05, 0.1) is 11.1 Å². The second-order valence-corrected chi connectivity index (χ2v) is 2.63. The summed E-state index contributed by atoms with van der Waals surface area (Å²) in [6.07, 6.45) is -2.47. The summed E-state index contributed by atoms with van der Waals surface area (Å²) in [4.78, 5) is 12.3. The number of pyridine rings is 1. The Morgan fingerprint density at radius 2 is 2.21 bits per heavy atom. The predicted octanol–water partition coefficient (Wildman–Crippen LogP) is 2.29. The van der Waals surface area contributed by atoms with E-state index in [9.17, 15) is 18.9 Å². The molecule has 0 aliphatic heterocycles. The minimum atomic E-state index is -3.03. The van der Waals surface area contributed by atoms with E-state index in [1.807, 2.05) is 0 Å². The molecule has 0 saturated heterocycles. The molecule has 1 heterocycles. The lowest BCUT2D eigenvalue weighted by Crippen LogP contribution is -1.97. The molecular formula is C6H3ClF2N2O3. The Labute approximate surface area is 81.1 Å². The molecule has 0 radical (unpaired) electrons. The minimum Gasteiger partial charge on any atom is -0.501 e. The van der Waals surface area contributed by atoms with Crippen LogP contribution in [0.4, 0.5) is 14.5 Å². The highest BCUT2D eigenvalue weighted by atomic mass is 35.5. The van der Waals surface area contributed by atoms with E-state index in [0.717, 1.165) is 0 Å². The average Bonchev–Trinajstić information content (AvgIpc) is 2.02. The van der Waals surface area contributed by atoms with E-state index in [1.54, 1.807) is 0 Å². The van der Waals surface area contributed by atoms with Crippen LogP contribution >= 0.6 is 11.6 Å². The molecule has 8 heteroatoms. The van der Waals surface area contributed by atoms with Crippen molar-refractivity contribution in [3.63, 3.8) is 0 Å². The molecule has 1 rings (SSSR count). The van der Waals surface area contributed by atoms with E-state index in [1.165, 1.54) is 0 Å². The Hall–Kier alpha value is -1.50. The average molecular weight is 225 g/mol. The quantitative estimate of drug-likeness (QED) is 0.618. The highest BCUT2D eigenvalue weighted by Gasteiger charge is 2.26. The molecule has 0 bridgehead atoms. The molecule has 0 fully saturated rings. The second-order valence-electron chi connectivity index (χ2n) is 2.25. The van der Waals surface area contributed by atoms with Gasteiger partial charge in [0.1, 0.15) is 10.7 Å². The zero-order valence-electron chi connectivity index (χ0n) is 6.45. The Kier molecular flexibility index (Phi) is 2.80. The van der Waals surface area contributed by atoms with Gasteiger partial charge >= 0.3 is 5.69 Å². The maximum atomic E-state index is 12.2. The summed E-state index contributed by atoms with van der Waals surface area (Å²) in [5, 5.41) is 18.4. The number of hydrogen-bond acceptors (Lipinski definition) is 4. The zero-order valence-corrected chi connectivity index (χ0v) is 7.20. The fourth-order valence-corrected chi connectivity index (χ4v) is 1.11. The maximum absolute atomic E-state index is 12.2. The van der Waals surface area contributed by atoms with Crippen LogP contribution in [0.25, 0.3) is 0 Å². The highest BCUT2D eigenvalue weighted by Crippen LogP contribution is 2.38. The maximum Gasteiger partial charge on any atom is 0.332 e. The number of nitrogens with zero attached hydrogens (tertiary/aromatic N) is 2. The molecule has 1 aromatic rings. The third-order valence-corrected chi connectivity index (χ3v) is 1.76. The molecule has 0 aromatic carbocycles. The van der Waals surface area contributed by atoms with Gasteiger partial charge in [-0.2, -0.15) is 0 Å². The van der Waals surface area contributed by atoms with E-state index in [0.29, 0.717) is 6.20 Å². The van der Waals surface area contributed by atoms with Crippen molar-refractivity contribution >= 4 is 17.3 Å². The third kappa shape index (κ3) is 1.72. The SMILES string of the molecule is O=[N+]([O-])c1c(O)cnc(C(F)F)c1Cl. The van der Waals surface area contributed by atoms with Crippen molar-refractivity contribution in [2.24, 2.45) is 0 Å². The van der Waals surface area contributed by atoms with Crippen LogP contribution < -0.4 is 0 Å². The molecule has 76 valence electrons. The van der Waals surface area contributed by atoms with E-state index < -0.39 is 33.5 Å². The minimum absolute atomic E-state index is 0.561. The van der Waals surface area contributed by atoms with Gasteiger partial charge in [0.15, 0.2) is 0 Å². The van der Waals surface area contributed by atoms with Crippen LogP contribution in [0, 0.1) is 10.1 Å². The summed E-state index contributed by atoms with van der Waals surface area (Å²) >= 11 is 5.26. The van der Waals surface area contributed by atoms with Crippen molar-refractivity contribution < 1.29 is 18.8 Å². The van der Waals surface area contributed by atoms with Gasteiger partial charge in [0, 0.05) is 0 Å². The van der Waals surface area contributed by atoms with Gasteiger partial charge in [0.2, 0.25) is 5.75 Å². The van der Waals surface area contributed by atoms with Gasteiger partial charge in [-0.1, -0.05) is 11.6 Å². The number of aromatic nitrogens is 1. The van der Waals surface area contributed by atoms with Crippen molar-refractivity contribution in [3.8, 4) is 5.75 Å². The van der Waals surface area contributed by atoms with Crippen molar-refractivity contribution in [1.29, 1.82) is 0 Å². The van der Waals surface area contributed by atoms with E-state index in [4.69, 9.17) is 16.7 Å². The number of nitro groups is 1. The molecule has 0 amide bonds. The lowest BCUT2D eigenvalue weighted by molar-refractivity contribution is -0.385. The Morgan fingerprint density at radius 3 is 2.64 bits per heavy atom. The topological polar surface area (TPSA) is 76.3 Å². The molecule has 0 unspecified atom stereocenters. The summed E-state index contributed by atoms with van der Waals surface area (Å²) in [6, 6.07) is 0. The van der Waals surface area contributed by atoms with Crippen LogP contribution in [0.2, 0.25) is 5.02 Å². The van der Waals surface area contributed by atoms with Gasteiger partial charge < -0.3 is 5.11 Å². The van der Waals surface area contributed by atoms with Crippen molar-refractivity contribution in [1.82, 2.24) is 4.98 Å². The lowest BCUT2D eigenvalue weighted by Gasteiger charge is -2.03. The number of rotatable bonds is 2. The monoisotopic (exact) mass is 224 g/mol. The molecule has 1 N–H and O–H groups in total. The Balaban J connectivity index is 3.41. The fraction of sp³-hybridized carbons (Fsp3) is 0.167. The standard InChI is InChI=1S/C6H3ClF2N2O3/c7-3-4(6(8)9)10-1-2(12)5(3)11(13)14/h1,6,12H. The molecule has 0 saturated carbocycles. The third-order valence-electron chi connectivity index (χ3n) is 1.39. The van der Waals surface area contributed by atoms with Gasteiger partial charge in [-0.15, -0.1) is 0 Å². The van der Waals surface area contributed by atoms with Gasteiger partial charge in [-0.25, -0.2) is 13.8 Å². The van der Waals surface area contributed by atoms with Gasteiger partial charge in [-0.05, 0) is 0 Å². The first-order chi connectivity index (χ1) is 6.45. The smallest absolute Gasteiger partial charge is 0.332 e. The number of aromatic hydroxyl groups is 1. The molecule has 0 atom stereocenters. The normalized spacial score (nSPS) is 10.6. The lowest BCUT2D eigenvalue weighted by atomic mass is 10.3. The second kappa shape index (κ2) is 3.70. The van der Waals surface area contributed by atoms with E-state index >= 15 is 0 Å². The molecule has 0 aliphatic rings. The molecule has 5 nitrogen and oxygen atoms in total. The first kappa shape index (κ1) is 10.6. The first-order valence-corrected chi connectivity index (χ1v) is 3.62. The predicted molar refractivity (Wildman–Crippen MR) is 42.5 cm³/mol. The molecule has 1 aromatic heterocycles. The number of alkyl halides is 2. The summed E-state index contributed by atoms with van der Waals surface area (Å²) in [7, 11) is 0. The molecular weight excluding hydrogens is 222 g/mol. The Bertz CT molecular complexity index is 386. The summed E-state index contributed by atoms with van der Waals surface area (Å²) in [5.41, 5.74) is -1.88.